The van der Waals surface area contributed by atoms with Gasteiger partial charge in [0.2, 0.25) is 5.91 Å². The summed E-state index contributed by atoms with van der Waals surface area (Å²) in [5, 5.41) is 17.0. The van der Waals surface area contributed by atoms with Crippen molar-refractivity contribution in [1.29, 1.82) is 5.26 Å². The van der Waals surface area contributed by atoms with Crippen molar-refractivity contribution in [3.63, 3.8) is 0 Å². The van der Waals surface area contributed by atoms with Gasteiger partial charge in [-0.2, -0.15) is 5.26 Å². The summed E-state index contributed by atoms with van der Waals surface area (Å²) >= 11 is 12.3. The van der Waals surface area contributed by atoms with Crippen LogP contribution in [0.4, 0.5) is 14.5 Å². The highest BCUT2D eigenvalue weighted by molar-refractivity contribution is 6.31. The van der Waals surface area contributed by atoms with Crippen LogP contribution in [0, 0.1) is 28.4 Å². The Labute approximate surface area is 294 Å². The highest BCUT2D eigenvalue weighted by Gasteiger charge is 2.61. The summed E-state index contributed by atoms with van der Waals surface area (Å²) in [7, 11) is 2.92. The number of carbonyl (C=O) groups is 2. The third kappa shape index (κ3) is 8.51. The van der Waals surface area contributed by atoms with Crippen molar-refractivity contribution in [2.45, 2.75) is 50.6 Å². The molecule has 1 aliphatic rings. The van der Waals surface area contributed by atoms with Gasteiger partial charge in [-0.15, -0.1) is 0 Å². The maximum atomic E-state index is 16.0. The van der Waals surface area contributed by atoms with Gasteiger partial charge in [0.1, 0.15) is 29.4 Å². The van der Waals surface area contributed by atoms with Gasteiger partial charge in [0, 0.05) is 29.7 Å². The molecule has 13 heteroatoms. The van der Waals surface area contributed by atoms with E-state index < -0.39 is 52.3 Å². The molecule has 0 unspecified atom stereocenters. The molecule has 0 bridgehead atoms. The summed E-state index contributed by atoms with van der Waals surface area (Å²) in [5.74, 6) is -4.00. The molecule has 4 atom stereocenters. The predicted molar refractivity (Wildman–Crippen MR) is 182 cm³/mol. The second-order valence-electron chi connectivity index (χ2n) is 12.8. The van der Waals surface area contributed by atoms with Crippen molar-refractivity contribution >= 4 is 40.8 Å². The molecule has 4 rings (SSSR count). The van der Waals surface area contributed by atoms with E-state index in [0.717, 1.165) is 6.07 Å². The maximum Gasteiger partial charge on any atom is 0.338 e. The van der Waals surface area contributed by atoms with Crippen molar-refractivity contribution in [3.05, 3.63) is 93.0 Å². The molecule has 0 saturated carbocycles. The van der Waals surface area contributed by atoms with Crippen LogP contribution >= 0.6 is 23.2 Å². The summed E-state index contributed by atoms with van der Waals surface area (Å²) < 4.78 is 52.8. The standard InChI is InChI=1S/C36H39Cl2F2N3O6/c1-35(2,3)19-29-36(20-41,24-11-10-22(37)18-26(24)39)30(23-7-6-8-25(38)31(23)40)32(43-29)33(44)42-27-12-9-21(17-28(27)47-5)34(45)49-16-15-48-14-13-46-4/h6-12,17-18,29-30,32,43H,13-16,19H2,1-5H3,(H,42,44)/t29-,30-,32+,36-/m0/s1. The summed E-state index contributed by atoms with van der Waals surface area (Å²) in [6.07, 6.45) is 0.308. The minimum atomic E-state index is -1.79. The molecule has 3 aromatic carbocycles. The first-order valence-corrected chi connectivity index (χ1v) is 16.3. The second-order valence-corrected chi connectivity index (χ2v) is 13.7. The highest BCUT2D eigenvalue weighted by atomic mass is 35.5. The third-order valence-electron chi connectivity index (χ3n) is 8.32. The number of ether oxygens (including phenoxy) is 4. The summed E-state index contributed by atoms with van der Waals surface area (Å²) in [5.41, 5.74) is -1.92. The Bertz CT molecular complexity index is 1710. The lowest BCUT2D eigenvalue weighted by Gasteiger charge is -2.37. The number of nitrogens with one attached hydrogen (secondary N) is 2. The second kappa shape index (κ2) is 16.3. The number of nitrogens with zero attached hydrogens (tertiary/aromatic N) is 1. The van der Waals surface area contributed by atoms with Crippen molar-refractivity contribution < 1.29 is 37.3 Å². The molecule has 0 aromatic heterocycles. The van der Waals surface area contributed by atoms with E-state index >= 15 is 8.78 Å². The van der Waals surface area contributed by atoms with Crippen molar-refractivity contribution in [2.75, 3.05) is 46.0 Å². The number of hydrogen-bond donors (Lipinski definition) is 2. The largest absolute Gasteiger partial charge is 0.495 e. The Kier molecular flexibility index (Phi) is 12.6. The van der Waals surface area contributed by atoms with Gasteiger partial charge in [-0.25, -0.2) is 13.6 Å². The van der Waals surface area contributed by atoms with Crippen LogP contribution in [0.25, 0.3) is 0 Å². The fourth-order valence-corrected chi connectivity index (χ4v) is 6.55. The molecule has 3 aromatic rings. The molecular formula is C36H39Cl2F2N3O6. The number of esters is 1. The molecule has 0 radical (unpaired) electrons. The highest BCUT2D eigenvalue weighted by Crippen LogP contribution is 2.53. The number of halogens is 4. The molecule has 9 nitrogen and oxygen atoms in total. The van der Waals surface area contributed by atoms with E-state index in [1.54, 1.807) is 7.11 Å². The summed E-state index contributed by atoms with van der Waals surface area (Å²) in [6.45, 7) is 6.82. The number of carbonyl (C=O) groups excluding carboxylic acids is 2. The number of amides is 1. The Morgan fingerprint density at radius 3 is 2.41 bits per heavy atom. The number of methoxy groups -OCH3 is 2. The quantitative estimate of drug-likeness (QED) is 0.143. The van der Waals surface area contributed by atoms with Gasteiger partial charge in [-0.05, 0) is 53.8 Å². The van der Waals surface area contributed by atoms with Gasteiger partial charge in [0.25, 0.3) is 0 Å². The number of nitriles is 1. The van der Waals surface area contributed by atoms with Gasteiger partial charge in [0.15, 0.2) is 0 Å². The van der Waals surface area contributed by atoms with Crippen LogP contribution in [0.15, 0.2) is 54.6 Å². The predicted octanol–water partition coefficient (Wildman–Crippen LogP) is 7.06. The summed E-state index contributed by atoms with van der Waals surface area (Å²) in [6, 6.07) is 12.8. The molecule has 1 amide bonds. The zero-order valence-electron chi connectivity index (χ0n) is 27.9. The molecule has 1 fully saturated rings. The minimum absolute atomic E-state index is 0.0166. The number of anilines is 1. The molecule has 1 heterocycles. The fraction of sp³-hybridized carbons (Fsp3) is 0.417. The van der Waals surface area contributed by atoms with Crippen molar-refractivity contribution in [2.24, 2.45) is 5.41 Å². The number of rotatable bonds is 13. The molecule has 1 saturated heterocycles. The zero-order valence-corrected chi connectivity index (χ0v) is 29.4. The number of benzene rings is 3. The van der Waals surface area contributed by atoms with Crippen molar-refractivity contribution in [3.8, 4) is 11.8 Å². The Morgan fingerprint density at radius 2 is 1.76 bits per heavy atom. The van der Waals surface area contributed by atoms with Crippen LogP contribution in [-0.2, 0) is 24.4 Å². The van der Waals surface area contributed by atoms with E-state index in [0.29, 0.717) is 19.6 Å². The van der Waals surface area contributed by atoms with Gasteiger partial charge in [0.05, 0.1) is 55.3 Å². The molecular weight excluding hydrogens is 679 g/mol. The Hall–Kier alpha value is -3.79. The van der Waals surface area contributed by atoms with E-state index in [1.807, 2.05) is 20.8 Å². The monoisotopic (exact) mass is 717 g/mol. The molecule has 0 aliphatic carbocycles. The first kappa shape index (κ1) is 38.0. The van der Waals surface area contributed by atoms with Crippen molar-refractivity contribution in [1.82, 2.24) is 5.32 Å². The molecule has 262 valence electrons. The van der Waals surface area contributed by atoms with Crippen LogP contribution in [0.3, 0.4) is 0 Å². The van der Waals surface area contributed by atoms with E-state index in [4.69, 9.17) is 42.1 Å². The van der Waals surface area contributed by atoms with Crippen LogP contribution in [0.5, 0.6) is 5.75 Å². The van der Waals surface area contributed by atoms with Crippen LogP contribution in [0.1, 0.15) is 54.6 Å². The lowest BCUT2D eigenvalue weighted by Crippen LogP contribution is -2.45. The van der Waals surface area contributed by atoms with E-state index in [9.17, 15) is 14.9 Å². The lowest BCUT2D eigenvalue weighted by molar-refractivity contribution is -0.118. The average molecular weight is 719 g/mol. The minimum Gasteiger partial charge on any atom is -0.495 e. The molecule has 49 heavy (non-hydrogen) atoms. The Morgan fingerprint density at radius 1 is 1.02 bits per heavy atom. The molecule has 1 aliphatic heterocycles. The van der Waals surface area contributed by atoms with Gasteiger partial charge in [-0.3, -0.25) is 4.79 Å². The average Bonchev–Trinajstić information content (AvgIpc) is 3.36. The first-order valence-electron chi connectivity index (χ1n) is 15.6. The van der Waals surface area contributed by atoms with E-state index in [2.05, 4.69) is 16.7 Å². The molecule has 0 spiro atoms. The van der Waals surface area contributed by atoms with E-state index in [-0.39, 0.29) is 51.4 Å². The van der Waals surface area contributed by atoms with Crippen LogP contribution < -0.4 is 15.4 Å². The van der Waals surface area contributed by atoms with Gasteiger partial charge in [-0.1, -0.05) is 62.2 Å². The summed E-state index contributed by atoms with van der Waals surface area (Å²) in [4.78, 5) is 27.0. The topological polar surface area (TPSA) is 119 Å². The smallest absolute Gasteiger partial charge is 0.338 e. The van der Waals surface area contributed by atoms with Crippen LogP contribution in [0.2, 0.25) is 10.0 Å². The van der Waals surface area contributed by atoms with E-state index in [1.165, 1.54) is 55.6 Å². The third-order valence-corrected chi connectivity index (χ3v) is 8.85. The Balaban J connectivity index is 1.74. The SMILES string of the molecule is COCCOCCOC(=O)c1ccc(NC(=O)[C@@H]2N[C@@H](CC(C)(C)C)[C@](C#N)(c3ccc(Cl)cc3F)[C@H]2c2cccc(Cl)c2F)c(OC)c1. The molecule has 2 N–H and O–H groups in total. The van der Waals surface area contributed by atoms with Gasteiger partial charge < -0.3 is 29.6 Å². The van der Waals surface area contributed by atoms with Crippen LogP contribution in [-0.4, -0.2) is 64.6 Å². The lowest BCUT2D eigenvalue weighted by atomic mass is 9.62. The van der Waals surface area contributed by atoms with Gasteiger partial charge >= 0.3 is 5.97 Å². The first-order chi connectivity index (χ1) is 23.3. The normalized spacial score (nSPS) is 20.4. The number of hydrogen-bond acceptors (Lipinski definition) is 8. The fourth-order valence-electron chi connectivity index (χ4n) is 6.21. The maximum absolute atomic E-state index is 16.0. The zero-order chi connectivity index (χ0) is 35.9.